The third kappa shape index (κ3) is 27.6. The largest absolute Gasteiger partial charge is 0.256 e. The van der Waals surface area contributed by atoms with Crippen LogP contribution in [0.15, 0.2) is 486 Å². The van der Waals surface area contributed by atoms with Crippen LogP contribution in [-0.4, -0.2) is 54.8 Å². The van der Waals surface area contributed by atoms with Gasteiger partial charge in [0.25, 0.3) is 0 Å². The Hall–Kier alpha value is -15.1. The maximum atomic E-state index is 4.67. The van der Waals surface area contributed by atoms with Crippen molar-refractivity contribution in [3.8, 4) is 0 Å². The molecule has 11 heterocycles. The van der Waals surface area contributed by atoms with Crippen LogP contribution in [0, 0.1) is 0 Å². The first-order valence-electron chi connectivity index (χ1n) is 43.6. The third-order valence-electron chi connectivity index (χ3n) is 20.8. The lowest BCUT2D eigenvalue weighted by Gasteiger charge is -2.18. The van der Waals surface area contributed by atoms with Gasteiger partial charge in [-0.15, -0.1) is 0 Å². The summed E-state index contributed by atoms with van der Waals surface area (Å²) in [6, 6.07) is 118. The number of hydrogen-bond acceptors (Lipinski definition) is 11. The first-order chi connectivity index (χ1) is 66.9. The monoisotopic (exact) mass is 1870 g/mol. The van der Waals surface area contributed by atoms with Crippen molar-refractivity contribution >= 4 is 211 Å². The molecule has 0 aliphatic heterocycles. The molecule has 0 aliphatic rings. The molecule has 7 aromatic carbocycles. The molecule has 0 aliphatic carbocycles. The average molecular weight is 1870 g/mol. The minimum atomic E-state index is -0.883. The molecule has 17 heteroatoms. The number of pyridine rings is 11. The summed E-state index contributed by atoms with van der Waals surface area (Å²) < 4.78 is 0. The fourth-order valence-corrected chi connectivity index (χ4v) is 25.9. The summed E-state index contributed by atoms with van der Waals surface area (Å²) in [7, 11) is -4.47. The molecule has 0 saturated heterocycles. The second-order valence-electron chi connectivity index (χ2n) is 29.5. The van der Waals surface area contributed by atoms with Gasteiger partial charge in [-0.1, -0.05) is 382 Å². The van der Waals surface area contributed by atoms with Crippen molar-refractivity contribution in [2.45, 2.75) is 0 Å². The van der Waals surface area contributed by atoms with E-state index >= 15 is 0 Å². The Labute approximate surface area is 807 Å². The summed E-state index contributed by atoms with van der Waals surface area (Å²) >= 11 is 0. The molecule has 2 unspecified atom stereocenters. The van der Waals surface area contributed by atoms with Crippen molar-refractivity contribution in [3.05, 3.63) is 548 Å². The molecule has 11 nitrogen and oxygen atoms in total. The van der Waals surface area contributed by atoms with E-state index in [1.54, 1.807) is 36.6 Å². The van der Waals surface area contributed by atoms with E-state index in [0.29, 0.717) is 0 Å². The highest BCUT2D eigenvalue weighted by atomic mass is 31.1. The number of rotatable bonds is 29. The molecule has 11 aromatic heterocycles. The molecule has 18 aromatic rings. The van der Waals surface area contributed by atoms with Crippen LogP contribution in [0.5, 0.6) is 0 Å². The lowest BCUT2D eigenvalue weighted by atomic mass is 10.2. The molecular formula is C119H101N11P6. The predicted octanol–water partition coefficient (Wildman–Crippen LogP) is 21.1. The summed E-state index contributed by atoms with van der Waals surface area (Å²) in [5.41, 5.74) is 23.2. The third-order valence-corrected chi connectivity index (χ3v) is 34.4. The van der Waals surface area contributed by atoms with Gasteiger partial charge in [-0.05, 0) is 201 Å². The van der Waals surface area contributed by atoms with Gasteiger partial charge in [0.05, 0.1) is 59.8 Å². The van der Waals surface area contributed by atoms with E-state index in [-0.39, 0.29) is 0 Å². The van der Waals surface area contributed by atoms with Crippen molar-refractivity contribution in [3.63, 3.8) is 0 Å². The zero-order chi connectivity index (χ0) is 94.8. The lowest BCUT2D eigenvalue weighted by Crippen LogP contribution is -2.26. The molecule has 662 valence electrons. The second kappa shape index (κ2) is 52.4. The topological polar surface area (TPSA) is 142 Å². The highest BCUT2D eigenvalue weighted by Gasteiger charge is 2.25. The van der Waals surface area contributed by atoms with Crippen molar-refractivity contribution in [1.29, 1.82) is 0 Å². The average Bonchev–Trinajstić information content (AvgIpc) is 0.862. The first-order valence-corrected chi connectivity index (χ1v) is 51.6. The van der Waals surface area contributed by atoms with Gasteiger partial charge in [0.15, 0.2) is 0 Å². The molecule has 0 fully saturated rings. The van der Waals surface area contributed by atoms with Crippen molar-refractivity contribution in [2.75, 3.05) is 0 Å². The molecule has 0 radical (unpaired) electrons. The maximum Gasteiger partial charge on any atom is 0.0753 e. The molecule has 0 spiro atoms. The Morgan fingerprint density at radius 3 is 0.441 bits per heavy atom. The van der Waals surface area contributed by atoms with Gasteiger partial charge >= 0.3 is 0 Å². The molecule has 0 saturated carbocycles. The Balaban J connectivity index is 0.000000138. The molecule has 18 rings (SSSR count). The van der Waals surface area contributed by atoms with Crippen LogP contribution in [0.25, 0.3) is 66.8 Å². The Morgan fingerprint density at radius 1 is 0.125 bits per heavy atom. The summed E-state index contributed by atoms with van der Waals surface area (Å²) in [6.07, 6.45) is 40.4. The molecule has 0 N–H and O–H groups in total. The Bertz CT molecular complexity index is 6030. The van der Waals surface area contributed by atoms with Crippen LogP contribution in [0.2, 0.25) is 0 Å². The van der Waals surface area contributed by atoms with E-state index in [9.17, 15) is 0 Å². The molecular weight excluding hydrogens is 1770 g/mol. The van der Waals surface area contributed by atoms with Gasteiger partial charge in [-0.3, -0.25) is 54.8 Å². The standard InChI is InChI=1S/C22H19N2P.C21H18NP.C20H17N2P.C19H16N3P.C19H16NP.C18H15N2P/c1-4-17-7-11-20(12-8-17)25(21-13-9-18(5-2)15-23-21)22-14-10-19(6-3)16-24-22;1-3-17-8-12-19(13-9-17)23(21-7-5-6-16-22-21)20-14-10-18(4-2)11-15-20;1-3-16-8-11-18(12-9-16)23(19-7-5-6-14-21-19)20-13-10-17(4-2)15-22-20;1-3-15-8-10-18(21-13-15)23(17-7-5-6-12-20-17)19-11-9-16(4-2)14-22-19;1-2-16-11-13-18(14-12-16)21(17-8-4-3-5-9-17)19-10-6-7-15-20-19;1-2-15-9-11-16(12-10-15)21(17-7-3-5-13-19-17)18-8-4-6-14-20-18/h4-16H,1-3H2;3-16H,1-2H2;3-15H,1-2H2;3-14H,1-2H2;2-15H,1H2;2-14H,1H2. The van der Waals surface area contributed by atoms with Crippen molar-refractivity contribution in [1.82, 2.24) is 54.8 Å². The molecule has 136 heavy (non-hydrogen) atoms. The van der Waals surface area contributed by atoms with Gasteiger partial charge in [0.2, 0.25) is 0 Å². The smallest absolute Gasteiger partial charge is 0.0753 e. The van der Waals surface area contributed by atoms with Gasteiger partial charge in [0.1, 0.15) is 0 Å². The van der Waals surface area contributed by atoms with Crippen LogP contribution in [0.4, 0.5) is 0 Å². The minimum Gasteiger partial charge on any atom is -0.256 e. The molecule has 2 atom stereocenters. The van der Waals surface area contributed by atoms with Gasteiger partial charge in [0, 0.05) is 116 Å². The van der Waals surface area contributed by atoms with Crippen LogP contribution in [-0.2, 0) is 0 Å². The quantitative estimate of drug-likeness (QED) is 0.0414. The van der Waals surface area contributed by atoms with E-state index in [1.807, 2.05) is 214 Å². The van der Waals surface area contributed by atoms with Gasteiger partial charge < -0.3 is 0 Å². The Morgan fingerprint density at radius 2 is 0.272 bits per heavy atom. The lowest BCUT2D eigenvalue weighted by molar-refractivity contribution is 1.34. The van der Waals surface area contributed by atoms with Gasteiger partial charge in [-0.25, -0.2) is 0 Å². The fourth-order valence-electron chi connectivity index (χ4n) is 13.6. The number of benzene rings is 7. The molecule has 0 bridgehead atoms. The maximum absolute atomic E-state index is 4.67. The van der Waals surface area contributed by atoms with E-state index in [0.717, 1.165) is 121 Å². The summed E-state index contributed by atoms with van der Waals surface area (Å²) in [5, 5.41) is 8.87. The zero-order valence-corrected chi connectivity index (χ0v) is 80.9. The van der Waals surface area contributed by atoms with E-state index < -0.39 is 47.5 Å². The zero-order valence-electron chi connectivity index (χ0n) is 75.5. The fraction of sp³-hybridized carbons (Fsp3) is 0. The van der Waals surface area contributed by atoms with E-state index in [4.69, 9.17) is 0 Å². The highest BCUT2D eigenvalue weighted by Crippen LogP contribution is 2.37. The summed E-state index contributed by atoms with van der Waals surface area (Å²) in [6.45, 7) is 41.8. The Kier molecular flexibility index (Phi) is 37.9. The van der Waals surface area contributed by atoms with Gasteiger partial charge in [-0.2, -0.15) is 0 Å². The van der Waals surface area contributed by atoms with Crippen LogP contribution in [0.1, 0.15) is 61.2 Å². The van der Waals surface area contributed by atoms with Crippen molar-refractivity contribution < 1.29 is 0 Å². The molecule has 0 amide bonds. The highest BCUT2D eigenvalue weighted by molar-refractivity contribution is 7.81. The van der Waals surface area contributed by atoms with Crippen LogP contribution in [0.3, 0.4) is 0 Å². The first kappa shape index (κ1) is 98.4. The van der Waals surface area contributed by atoms with E-state index in [1.165, 1.54) is 37.1 Å². The number of hydrogen-bond donors (Lipinski definition) is 0. The normalized spacial score (nSPS) is 10.9. The summed E-state index contributed by atoms with van der Waals surface area (Å²) in [5.74, 6) is 0. The number of aromatic nitrogens is 11. The second-order valence-corrected chi connectivity index (χ2v) is 42.2. The SMILES string of the molecule is C=Cc1ccc(P(c2ccc(C=C)cc2)c2ccccn2)cc1.C=Cc1ccc(P(c2ccc(C=C)cn2)c2ccc(C=C)cn2)cc1.C=Cc1ccc(P(c2ccccc2)c2ccccn2)cc1.C=Cc1ccc(P(c2ccccn2)c2ccc(C=C)cn2)cc1.C=Cc1ccc(P(c2ccccn2)c2ccc(C=C)cn2)nc1.C=Cc1ccc(P(c2ccccn2)c2ccccn2)cc1. The summed E-state index contributed by atoms with van der Waals surface area (Å²) in [4.78, 5) is 50.5. The van der Waals surface area contributed by atoms with Crippen LogP contribution < -0.4 is 96.9 Å². The number of nitrogens with zero attached hydrogens (tertiary/aromatic N) is 11. The predicted molar refractivity (Wildman–Crippen MR) is 598 cm³/mol. The minimum absolute atomic E-state index is 0.609. The van der Waals surface area contributed by atoms with Crippen LogP contribution >= 0.6 is 47.5 Å². The van der Waals surface area contributed by atoms with Crippen molar-refractivity contribution in [2.24, 2.45) is 0 Å². The van der Waals surface area contributed by atoms with E-state index in [2.05, 4.69) is 358 Å².